The van der Waals surface area contributed by atoms with Gasteiger partial charge in [0.15, 0.2) is 5.03 Å². The lowest BCUT2D eigenvalue weighted by molar-refractivity contribution is -0.525. The number of nitrogens with zero attached hydrogens (tertiary/aromatic N) is 3. The van der Waals surface area contributed by atoms with E-state index in [-0.39, 0.29) is 37.4 Å². The van der Waals surface area contributed by atoms with Gasteiger partial charge in [0.25, 0.3) is 5.96 Å². The van der Waals surface area contributed by atoms with Crippen LogP contribution in [-0.4, -0.2) is 65.8 Å². The monoisotopic (exact) mass is 620 g/mol. The van der Waals surface area contributed by atoms with Crippen molar-refractivity contribution in [2.45, 2.75) is 78.1 Å². The van der Waals surface area contributed by atoms with E-state index >= 15 is 0 Å². The molecule has 0 saturated carbocycles. The highest BCUT2D eigenvalue weighted by molar-refractivity contribution is 5.92. The van der Waals surface area contributed by atoms with E-state index in [1.807, 2.05) is 44.4 Å². The maximum Gasteiger partial charge on any atom is 0.408 e. The quantitative estimate of drug-likeness (QED) is 0.0403. The molecule has 0 aliphatic heterocycles. The van der Waals surface area contributed by atoms with Crippen LogP contribution < -0.4 is 38.3 Å². The maximum absolute atomic E-state index is 13.4. The first-order chi connectivity index (χ1) is 20.8. The van der Waals surface area contributed by atoms with E-state index in [1.54, 1.807) is 24.5 Å². The Hall–Kier alpha value is -4.96. The number of guanidine groups is 1. The average molecular weight is 621 g/mol. The molecule has 0 radical (unpaired) electrons. The van der Waals surface area contributed by atoms with Crippen LogP contribution in [0, 0.1) is 22.0 Å². The lowest BCUT2D eigenvalue weighted by atomic mass is 9.96. The van der Waals surface area contributed by atoms with Crippen LogP contribution in [0.1, 0.15) is 58.9 Å². The van der Waals surface area contributed by atoms with Crippen molar-refractivity contribution in [2.24, 2.45) is 33.4 Å². The molecule has 0 aliphatic carbocycles. The van der Waals surface area contributed by atoms with E-state index in [0.717, 1.165) is 5.56 Å². The predicted molar refractivity (Wildman–Crippen MR) is 163 cm³/mol. The summed E-state index contributed by atoms with van der Waals surface area (Å²) in [7, 11) is 0. The molecule has 0 fully saturated rings. The topological polar surface area (TPSA) is 258 Å². The Balaban J connectivity index is 2.98. The van der Waals surface area contributed by atoms with Crippen LogP contribution in [0.2, 0.25) is 0 Å². The van der Waals surface area contributed by atoms with E-state index in [2.05, 4.69) is 26.0 Å². The molecule has 9 N–H and O–H groups in total. The smallest absolute Gasteiger partial charge is 0.408 e. The Morgan fingerprint density at radius 3 is 2.32 bits per heavy atom. The van der Waals surface area contributed by atoms with Crippen molar-refractivity contribution < 1.29 is 28.9 Å². The van der Waals surface area contributed by atoms with Crippen molar-refractivity contribution in [3.63, 3.8) is 0 Å². The molecular formula is C27H44N10O7. The van der Waals surface area contributed by atoms with Crippen molar-refractivity contribution in [3.05, 3.63) is 46.0 Å². The van der Waals surface area contributed by atoms with Gasteiger partial charge in [-0.2, -0.15) is 5.10 Å². The molecular weight excluding hydrogens is 576 g/mol. The van der Waals surface area contributed by atoms with E-state index in [9.17, 15) is 29.3 Å². The van der Waals surface area contributed by atoms with Crippen molar-refractivity contribution in [3.8, 4) is 0 Å². The number of hydrazone groups is 1. The molecule has 5 amide bonds. The summed E-state index contributed by atoms with van der Waals surface area (Å²) in [6.07, 6.45) is 1.89. The van der Waals surface area contributed by atoms with Gasteiger partial charge in [0.1, 0.15) is 18.7 Å². The second-order valence-electron chi connectivity index (χ2n) is 10.4. The number of amides is 5. The minimum atomic E-state index is -0.984. The van der Waals surface area contributed by atoms with Crippen LogP contribution in [0.15, 0.2) is 40.4 Å². The number of primary amides is 1. The summed E-state index contributed by atoms with van der Waals surface area (Å²) in [4.78, 5) is 64.7. The molecule has 44 heavy (non-hydrogen) atoms. The zero-order chi connectivity index (χ0) is 33.1. The standard InChI is InChI=1S/C27H44N10O7/c1-5-18(4)22(24(39)32-20(15-31-35-26(29)40)12-9-13-30-25(28)36-37(42)43)34-23(38)21(14-17(2)3)33-27(41)44-16-19-10-7-6-8-11-19/h6-8,10-11,15,17-18,20-22H,5,9,12-14,16H2,1-4H3,(H,32,39)(H,33,41)(H,34,38)(H3,28,30,36)(H3,29,35,40)/b31-15+/t18-,20-,21-,22-/m0/s1. The normalized spacial score (nSPS) is 14.2. The maximum atomic E-state index is 13.4. The summed E-state index contributed by atoms with van der Waals surface area (Å²) < 4.78 is 5.28. The molecule has 4 atom stereocenters. The molecule has 0 heterocycles. The first kappa shape index (κ1) is 37.1. The molecule has 244 valence electrons. The second kappa shape index (κ2) is 20.0. The summed E-state index contributed by atoms with van der Waals surface area (Å²) in [6.45, 7) is 7.56. The number of alkyl carbamates (subject to hydrolysis) is 1. The number of nitrogens with two attached hydrogens (primary N) is 2. The molecule has 0 unspecified atom stereocenters. The fourth-order valence-corrected chi connectivity index (χ4v) is 3.85. The van der Waals surface area contributed by atoms with Gasteiger partial charge in [-0.15, -0.1) is 0 Å². The highest BCUT2D eigenvalue weighted by atomic mass is 16.7. The first-order valence-electron chi connectivity index (χ1n) is 14.2. The number of urea groups is 1. The minimum Gasteiger partial charge on any atom is -0.445 e. The Morgan fingerprint density at radius 1 is 1.05 bits per heavy atom. The van der Waals surface area contributed by atoms with Gasteiger partial charge >= 0.3 is 12.1 Å². The van der Waals surface area contributed by atoms with Crippen LogP contribution in [0.5, 0.6) is 0 Å². The summed E-state index contributed by atoms with van der Waals surface area (Å²) in [5, 5.41) is 21.5. The summed E-state index contributed by atoms with van der Waals surface area (Å²) in [6, 6.07) is 5.48. The molecule has 0 aliphatic rings. The van der Waals surface area contributed by atoms with Crippen LogP contribution in [0.25, 0.3) is 0 Å². The number of carbonyl (C=O) groups is 4. The molecule has 0 spiro atoms. The zero-order valence-corrected chi connectivity index (χ0v) is 25.4. The van der Waals surface area contributed by atoms with Gasteiger partial charge in [-0.3, -0.25) is 9.59 Å². The molecule has 17 nitrogen and oxygen atoms in total. The van der Waals surface area contributed by atoms with Gasteiger partial charge in [-0.25, -0.2) is 30.1 Å². The van der Waals surface area contributed by atoms with E-state index in [4.69, 9.17) is 16.2 Å². The largest absolute Gasteiger partial charge is 0.445 e. The van der Waals surface area contributed by atoms with Crippen molar-refractivity contribution in [2.75, 3.05) is 6.54 Å². The fourth-order valence-electron chi connectivity index (χ4n) is 3.85. The Kier molecular flexibility index (Phi) is 16.9. The second-order valence-corrected chi connectivity index (χ2v) is 10.4. The van der Waals surface area contributed by atoms with Gasteiger partial charge in [0.05, 0.1) is 6.04 Å². The lowest BCUT2D eigenvalue weighted by Gasteiger charge is -2.28. The lowest BCUT2D eigenvalue weighted by Crippen LogP contribution is -2.57. The average Bonchev–Trinajstić information content (AvgIpc) is 2.95. The number of carbonyl (C=O) groups excluding carboxylic acids is 4. The van der Waals surface area contributed by atoms with Gasteiger partial charge < -0.3 is 32.2 Å². The number of hydrazine groups is 1. The molecule has 1 aromatic rings. The number of nitro groups is 1. The number of ether oxygens (including phenoxy) is 1. The summed E-state index contributed by atoms with van der Waals surface area (Å²) in [5.41, 5.74) is 15.0. The number of hydrogen-bond donors (Lipinski definition) is 7. The van der Waals surface area contributed by atoms with E-state index < -0.39 is 47.1 Å². The third kappa shape index (κ3) is 15.9. The van der Waals surface area contributed by atoms with Gasteiger partial charge in [-0.1, -0.05) is 69.9 Å². The van der Waals surface area contributed by atoms with E-state index in [1.165, 1.54) is 6.21 Å². The van der Waals surface area contributed by atoms with Crippen molar-refractivity contribution >= 4 is 36.1 Å². The highest BCUT2D eigenvalue weighted by Gasteiger charge is 2.31. The minimum absolute atomic E-state index is 0.0261. The van der Waals surface area contributed by atoms with Crippen molar-refractivity contribution in [1.82, 2.24) is 26.8 Å². The van der Waals surface area contributed by atoms with Gasteiger partial charge in [0, 0.05) is 12.8 Å². The SMILES string of the molecule is CC[C@H](C)[C@H](NC(=O)[C@H](CC(C)C)NC(=O)OCc1ccccc1)C(=O)N[C@H](/C=N/NC(N)=O)CCCN=C(N)N[N+](=O)[O-]. The number of aliphatic imine (C=N–C) groups is 1. The van der Waals surface area contributed by atoms with Crippen LogP contribution >= 0.6 is 0 Å². The zero-order valence-electron chi connectivity index (χ0n) is 25.4. The Bertz CT molecular complexity index is 1150. The molecule has 0 saturated heterocycles. The summed E-state index contributed by atoms with van der Waals surface area (Å²) >= 11 is 0. The molecule has 0 aromatic heterocycles. The summed E-state index contributed by atoms with van der Waals surface area (Å²) in [5.74, 6) is -1.74. The van der Waals surface area contributed by atoms with E-state index in [0.29, 0.717) is 19.3 Å². The number of nitrogens with one attached hydrogen (secondary N) is 5. The van der Waals surface area contributed by atoms with Crippen LogP contribution in [-0.2, 0) is 20.9 Å². The predicted octanol–water partition coefficient (Wildman–Crippen LogP) is 0.874. The first-order valence-corrected chi connectivity index (χ1v) is 14.2. The number of hydrogen-bond acceptors (Lipinski definition) is 9. The number of benzene rings is 1. The highest BCUT2D eigenvalue weighted by Crippen LogP contribution is 2.12. The fraction of sp³-hybridized carbons (Fsp3) is 0.556. The van der Waals surface area contributed by atoms with Gasteiger partial charge in [0.2, 0.25) is 11.8 Å². The molecule has 17 heteroatoms. The molecule has 0 bridgehead atoms. The number of rotatable bonds is 18. The Morgan fingerprint density at radius 2 is 1.73 bits per heavy atom. The third-order valence-corrected chi connectivity index (χ3v) is 6.24. The molecule has 1 aromatic carbocycles. The van der Waals surface area contributed by atoms with Crippen LogP contribution in [0.3, 0.4) is 0 Å². The third-order valence-electron chi connectivity index (χ3n) is 6.24. The van der Waals surface area contributed by atoms with Crippen LogP contribution in [0.4, 0.5) is 9.59 Å². The molecule has 1 rings (SSSR count). The van der Waals surface area contributed by atoms with Gasteiger partial charge in [-0.05, 0) is 36.7 Å². The Labute approximate surface area is 256 Å². The van der Waals surface area contributed by atoms with Crippen molar-refractivity contribution in [1.29, 1.82) is 0 Å².